The highest BCUT2D eigenvalue weighted by Gasteiger charge is 2.47. The molecule has 7 nitrogen and oxygen atoms in total. The van der Waals surface area contributed by atoms with Crippen LogP contribution in [0, 0.1) is 0 Å². The predicted molar refractivity (Wildman–Crippen MR) is 104 cm³/mol. The van der Waals surface area contributed by atoms with Crippen LogP contribution in [0.3, 0.4) is 0 Å². The molecule has 1 saturated carbocycles. The Kier molecular flexibility index (Phi) is 3.41. The van der Waals surface area contributed by atoms with Crippen molar-refractivity contribution in [3.05, 3.63) is 65.8 Å². The van der Waals surface area contributed by atoms with Crippen molar-refractivity contribution >= 4 is 17.1 Å². The number of furan rings is 1. The van der Waals surface area contributed by atoms with Gasteiger partial charge >= 0.3 is 5.97 Å². The lowest BCUT2D eigenvalue weighted by molar-refractivity contribution is -0.0312. The summed E-state index contributed by atoms with van der Waals surface area (Å²) in [7, 11) is 0. The summed E-state index contributed by atoms with van der Waals surface area (Å²) < 4.78 is 11.2. The van der Waals surface area contributed by atoms with E-state index < -0.39 is 5.60 Å². The van der Waals surface area contributed by atoms with Gasteiger partial charge in [-0.1, -0.05) is 18.2 Å². The van der Waals surface area contributed by atoms with Crippen LogP contribution in [0.25, 0.3) is 22.7 Å². The van der Waals surface area contributed by atoms with Crippen LogP contribution in [0.2, 0.25) is 0 Å². The van der Waals surface area contributed by atoms with Crippen molar-refractivity contribution in [3.63, 3.8) is 0 Å². The van der Waals surface area contributed by atoms with Gasteiger partial charge < -0.3 is 14.1 Å². The van der Waals surface area contributed by atoms with E-state index in [1.54, 1.807) is 12.5 Å². The molecule has 4 heterocycles. The number of carbonyl (C=O) groups excluding carboxylic acids is 1. The number of aromatic nitrogens is 4. The maximum Gasteiger partial charge on any atom is 0.339 e. The Morgan fingerprint density at radius 1 is 1.07 bits per heavy atom. The van der Waals surface area contributed by atoms with E-state index in [-0.39, 0.29) is 11.9 Å². The summed E-state index contributed by atoms with van der Waals surface area (Å²) in [5, 5.41) is 0. The molecular weight excluding hydrogens is 368 g/mol. The van der Waals surface area contributed by atoms with Gasteiger partial charge in [-0.15, -0.1) is 0 Å². The lowest BCUT2D eigenvalue weighted by Crippen LogP contribution is -2.31. The number of esters is 1. The van der Waals surface area contributed by atoms with Gasteiger partial charge in [-0.25, -0.2) is 19.7 Å². The monoisotopic (exact) mass is 386 g/mol. The molecule has 29 heavy (non-hydrogen) atoms. The number of nitrogens with one attached hydrogen (secondary N) is 1. The quantitative estimate of drug-likeness (QED) is 0.515. The van der Waals surface area contributed by atoms with E-state index in [1.807, 2.05) is 36.4 Å². The molecule has 7 heteroatoms. The van der Waals surface area contributed by atoms with Gasteiger partial charge in [0.15, 0.2) is 17.2 Å². The van der Waals surface area contributed by atoms with Gasteiger partial charge in [-0.05, 0) is 43.9 Å². The minimum absolute atomic E-state index is 0.205. The Morgan fingerprint density at radius 3 is 2.76 bits per heavy atom. The summed E-state index contributed by atoms with van der Waals surface area (Å²) in [6, 6.07) is 11.4. The molecule has 0 atom stereocenters. The minimum atomic E-state index is -0.484. The number of nitrogens with zero attached hydrogens (tertiary/aromatic N) is 3. The molecule has 4 aromatic rings. The van der Waals surface area contributed by atoms with E-state index in [0.29, 0.717) is 22.8 Å². The molecule has 0 unspecified atom stereocenters. The Balaban J connectivity index is 1.27. The summed E-state index contributed by atoms with van der Waals surface area (Å²) in [5.41, 5.74) is 2.70. The molecule has 144 valence electrons. The minimum Gasteiger partial charge on any atom is -0.461 e. The van der Waals surface area contributed by atoms with E-state index in [0.717, 1.165) is 42.6 Å². The summed E-state index contributed by atoms with van der Waals surface area (Å²) in [6.45, 7) is 0. The maximum absolute atomic E-state index is 12.3. The molecule has 0 radical (unpaired) electrons. The number of fused-ring (bicyclic) bond motifs is 3. The van der Waals surface area contributed by atoms with E-state index in [2.05, 4.69) is 15.0 Å². The molecule has 1 aromatic carbocycles. The predicted octanol–water partition coefficient (Wildman–Crippen LogP) is 4.34. The van der Waals surface area contributed by atoms with E-state index >= 15 is 0 Å². The van der Waals surface area contributed by atoms with Crippen LogP contribution in [0.15, 0.2) is 53.3 Å². The van der Waals surface area contributed by atoms with Crippen molar-refractivity contribution in [1.82, 2.24) is 19.9 Å². The Labute approximate surface area is 166 Å². The summed E-state index contributed by atoms with van der Waals surface area (Å²) in [4.78, 5) is 29.3. The van der Waals surface area contributed by atoms with E-state index in [4.69, 9.17) is 14.1 Å². The topological polar surface area (TPSA) is 93.9 Å². The standard InChI is InChI=1S/C22H18N4O3/c27-21-14-4-1-2-5-15(14)22(29-21)9-7-13(8-10-22)18-24-16-12-23-20(26-19(16)25-18)17-6-3-11-28-17/h1-6,11-13H,7-10H2,(H,23,24,25,26)/t13-,22-. The van der Waals surface area contributed by atoms with Gasteiger partial charge in [0, 0.05) is 11.5 Å². The Morgan fingerprint density at radius 2 is 1.93 bits per heavy atom. The third-order valence-corrected chi connectivity index (χ3v) is 6.11. The molecule has 1 aliphatic carbocycles. The Hall–Kier alpha value is -3.48. The van der Waals surface area contributed by atoms with Crippen LogP contribution < -0.4 is 0 Å². The molecule has 3 aromatic heterocycles. The average Bonchev–Trinajstić information content (AvgIpc) is 3.48. The highest BCUT2D eigenvalue weighted by atomic mass is 16.6. The second kappa shape index (κ2) is 6.01. The van der Waals surface area contributed by atoms with Crippen molar-refractivity contribution in [2.75, 3.05) is 0 Å². The number of benzene rings is 1. The number of carbonyl (C=O) groups is 1. The lowest BCUT2D eigenvalue weighted by Gasteiger charge is -2.35. The molecule has 0 bridgehead atoms. The third-order valence-electron chi connectivity index (χ3n) is 6.11. The van der Waals surface area contributed by atoms with E-state index in [1.165, 1.54) is 0 Å². The number of rotatable bonds is 2. The third kappa shape index (κ3) is 2.50. The molecule has 6 rings (SSSR count). The second-order valence-corrected chi connectivity index (χ2v) is 7.73. The number of H-pyrrole nitrogens is 1. The number of aromatic amines is 1. The molecular formula is C22H18N4O3. The molecule has 1 spiro atoms. The van der Waals surface area contributed by atoms with Gasteiger partial charge in [-0.3, -0.25) is 0 Å². The first-order valence-corrected chi connectivity index (χ1v) is 9.81. The summed E-state index contributed by atoms with van der Waals surface area (Å²) >= 11 is 0. The van der Waals surface area contributed by atoms with Crippen LogP contribution in [-0.2, 0) is 10.3 Å². The first-order chi connectivity index (χ1) is 14.2. The van der Waals surface area contributed by atoms with Crippen LogP contribution >= 0.6 is 0 Å². The highest BCUT2D eigenvalue weighted by molar-refractivity contribution is 5.94. The molecule has 2 aliphatic rings. The summed E-state index contributed by atoms with van der Waals surface area (Å²) in [5.74, 6) is 2.13. The zero-order chi connectivity index (χ0) is 19.4. The number of hydrogen-bond acceptors (Lipinski definition) is 6. The largest absolute Gasteiger partial charge is 0.461 e. The number of hydrogen-bond donors (Lipinski definition) is 1. The fourth-order valence-electron chi connectivity index (χ4n) is 4.62. The number of ether oxygens (including phenoxy) is 1. The van der Waals surface area contributed by atoms with Crippen molar-refractivity contribution in [3.8, 4) is 11.6 Å². The Bertz CT molecular complexity index is 1220. The van der Waals surface area contributed by atoms with Gasteiger partial charge in [0.05, 0.1) is 18.0 Å². The zero-order valence-corrected chi connectivity index (χ0v) is 15.6. The SMILES string of the molecule is O=C1O[C@]2(CC[C@H](c3nc4nc(-c5ccco5)ncc4[nH]3)CC2)c2ccccc21. The normalized spacial score (nSPS) is 23.4. The van der Waals surface area contributed by atoms with Crippen molar-refractivity contribution in [2.45, 2.75) is 37.2 Å². The van der Waals surface area contributed by atoms with Crippen LogP contribution in [-0.4, -0.2) is 25.9 Å². The fourth-order valence-corrected chi connectivity index (χ4v) is 4.62. The average molecular weight is 386 g/mol. The van der Waals surface area contributed by atoms with Gasteiger partial charge in [-0.2, -0.15) is 0 Å². The maximum atomic E-state index is 12.3. The molecule has 0 saturated heterocycles. The first kappa shape index (κ1) is 16.5. The number of imidazole rings is 1. The smallest absolute Gasteiger partial charge is 0.339 e. The van der Waals surface area contributed by atoms with Crippen LogP contribution in [0.4, 0.5) is 0 Å². The van der Waals surface area contributed by atoms with Crippen molar-refractivity contribution in [2.24, 2.45) is 0 Å². The van der Waals surface area contributed by atoms with Crippen molar-refractivity contribution in [1.29, 1.82) is 0 Å². The molecule has 1 N–H and O–H groups in total. The zero-order valence-electron chi connectivity index (χ0n) is 15.6. The first-order valence-electron chi connectivity index (χ1n) is 9.81. The molecule has 0 amide bonds. The van der Waals surface area contributed by atoms with Crippen molar-refractivity contribution < 1.29 is 13.9 Å². The van der Waals surface area contributed by atoms with Crippen LogP contribution in [0.1, 0.15) is 53.3 Å². The van der Waals surface area contributed by atoms with Crippen LogP contribution in [0.5, 0.6) is 0 Å². The molecule has 1 aliphatic heterocycles. The fraction of sp³-hybridized carbons (Fsp3) is 0.273. The highest BCUT2D eigenvalue weighted by Crippen LogP contribution is 2.49. The lowest BCUT2D eigenvalue weighted by atomic mass is 9.75. The van der Waals surface area contributed by atoms with E-state index in [9.17, 15) is 4.79 Å². The second-order valence-electron chi connectivity index (χ2n) is 7.73. The summed E-state index contributed by atoms with van der Waals surface area (Å²) in [6.07, 6.45) is 6.71. The van der Waals surface area contributed by atoms with Gasteiger partial charge in [0.2, 0.25) is 0 Å². The molecule has 1 fully saturated rings. The van der Waals surface area contributed by atoms with Gasteiger partial charge in [0.1, 0.15) is 16.9 Å². The van der Waals surface area contributed by atoms with Gasteiger partial charge in [0.25, 0.3) is 0 Å².